The highest BCUT2D eigenvalue weighted by molar-refractivity contribution is 8.04. The van der Waals surface area contributed by atoms with E-state index >= 15 is 0 Å². The molecule has 0 unspecified atom stereocenters. The quantitative estimate of drug-likeness (QED) is 0.579. The van der Waals surface area contributed by atoms with Crippen molar-refractivity contribution in [2.75, 3.05) is 0 Å². The summed E-state index contributed by atoms with van der Waals surface area (Å²) in [5.74, 6) is 1.97. The smallest absolute Gasteiger partial charge is 0.0663 e. The predicted octanol–water partition coefficient (Wildman–Crippen LogP) is 2.33. The minimum Gasteiger partial charge on any atom is -0.198 e. The van der Waals surface area contributed by atoms with Crippen molar-refractivity contribution in [3.8, 4) is 6.07 Å². The molecule has 0 aliphatic carbocycles. The van der Waals surface area contributed by atoms with Crippen molar-refractivity contribution in [1.82, 2.24) is 0 Å². The number of allylic oxidation sites excluding steroid dienone is 1. The first-order chi connectivity index (χ1) is 3.91. The van der Waals surface area contributed by atoms with Crippen molar-refractivity contribution in [3.63, 3.8) is 0 Å². The Balaban J connectivity index is 2.98. The molecule has 0 N–H and O–H groups in total. The lowest BCUT2D eigenvalue weighted by Gasteiger charge is -1.78. The van der Waals surface area contributed by atoms with Crippen LogP contribution in [0.3, 0.4) is 0 Å². The highest BCUT2D eigenvalue weighted by Crippen LogP contribution is 2.04. The molecule has 1 nitrogen and oxygen atoms in total. The van der Waals surface area contributed by atoms with E-state index in [0.717, 1.165) is 0 Å². The van der Waals surface area contributed by atoms with Crippen molar-refractivity contribution in [2.45, 2.75) is 13.3 Å². The summed E-state index contributed by atoms with van der Waals surface area (Å²) < 4.78 is 0. The lowest BCUT2D eigenvalue weighted by molar-refractivity contribution is 1.36. The number of nitrogens with zero attached hydrogens (tertiary/aromatic N) is 1. The highest BCUT2D eigenvalue weighted by atomic mass is 32.2. The van der Waals surface area contributed by atoms with E-state index in [9.17, 15) is 0 Å². The number of rotatable bonds is 3. The van der Waals surface area contributed by atoms with Gasteiger partial charge in [-0.3, -0.25) is 0 Å². The van der Waals surface area contributed by atoms with Crippen LogP contribution in [0.4, 0.5) is 0 Å². The Hall–Kier alpha value is -0.420. The third-order valence-electron chi connectivity index (χ3n) is 0.520. The van der Waals surface area contributed by atoms with Gasteiger partial charge in [-0.15, -0.1) is 11.8 Å². The molecule has 0 atom stereocenters. The van der Waals surface area contributed by atoms with E-state index < -0.39 is 0 Å². The second kappa shape index (κ2) is 6.58. The molecule has 0 aromatic heterocycles. The zero-order chi connectivity index (χ0) is 6.24. The maximum absolute atomic E-state index is 8.04. The lowest BCUT2D eigenvalue weighted by Crippen LogP contribution is -1.53. The largest absolute Gasteiger partial charge is 0.198 e. The molecule has 0 rings (SSSR count). The average molecular weight is 126 g/mol. The van der Waals surface area contributed by atoms with Crippen molar-refractivity contribution in [2.24, 2.45) is 0 Å². The molecule has 0 aliphatic rings. The third-order valence-corrected chi connectivity index (χ3v) is 1.14. The molecule has 8 heavy (non-hydrogen) atoms. The molecule has 0 fully saturated rings. The van der Waals surface area contributed by atoms with Crippen molar-refractivity contribution < 1.29 is 0 Å². The van der Waals surface area contributed by atoms with Gasteiger partial charge in [0.05, 0.1) is 12.5 Å². The van der Waals surface area contributed by atoms with Crippen molar-refractivity contribution >= 4 is 11.8 Å². The highest BCUT2D eigenvalue weighted by Gasteiger charge is 1.71. The van der Waals surface area contributed by atoms with Gasteiger partial charge in [0, 0.05) is 5.75 Å². The summed E-state index contributed by atoms with van der Waals surface area (Å²) in [6, 6.07) is 2.01. The molecule has 2 heteroatoms. The van der Waals surface area contributed by atoms with Crippen LogP contribution in [0.25, 0.3) is 0 Å². The molecular formula is C6H8NS. The maximum atomic E-state index is 8.04. The Bertz CT molecular complexity index is 102. The average Bonchev–Trinajstić information content (AvgIpc) is 1.81. The molecule has 0 aromatic rings. The van der Waals surface area contributed by atoms with Crippen LogP contribution in [0.1, 0.15) is 13.3 Å². The van der Waals surface area contributed by atoms with Gasteiger partial charge in [-0.05, 0) is 5.41 Å². The first-order valence-electron chi connectivity index (χ1n) is 2.37. The number of hydrogen-bond donors (Lipinski definition) is 0. The normalized spacial score (nSPS) is 9.50. The second-order valence-electron chi connectivity index (χ2n) is 1.11. The van der Waals surface area contributed by atoms with Crippen LogP contribution in [-0.4, -0.2) is 0 Å². The SMILES string of the molecule is C[CH]S/C=C\CC#N. The number of hydrogen-bond acceptors (Lipinski definition) is 2. The fraction of sp³-hybridized carbons (Fsp3) is 0.333. The summed E-state index contributed by atoms with van der Waals surface area (Å²) in [7, 11) is 0. The minimum atomic E-state index is 0.515. The summed E-state index contributed by atoms with van der Waals surface area (Å²) in [5.41, 5.74) is 0. The van der Waals surface area contributed by atoms with Crippen LogP contribution in [0, 0.1) is 17.1 Å². The molecule has 1 radical (unpaired) electrons. The summed E-state index contributed by atoms with van der Waals surface area (Å²) >= 11 is 1.59. The fourth-order valence-corrected chi connectivity index (χ4v) is 0.599. The zero-order valence-corrected chi connectivity index (χ0v) is 5.61. The second-order valence-corrected chi connectivity index (χ2v) is 2.12. The van der Waals surface area contributed by atoms with Crippen LogP contribution in [0.15, 0.2) is 11.5 Å². The van der Waals surface area contributed by atoms with E-state index in [4.69, 9.17) is 5.26 Å². The molecule has 0 saturated carbocycles. The summed E-state index contributed by atoms with van der Waals surface area (Å²) in [4.78, 5) is 0. The minimum absolute atomic E-state index is 0.515. The van der Waals surface area contributed by atoms with E-state index in [1.807, 2.05) is 30.2 Å². The van der Waals surface area contributed by atoms with Crippen molar-refractivity contribution in [3.05, 3.63) is 17.2 Å². The summed E-state index contributed by atoms with van der Waals surface area (Å²) in [6.45, 7) is 1.96. The van der Waals surface area contributed by atoms with Gasteiger partial charge in [-0.25, -0.2) is 0 Å². The van der Waals surface area contributed by atoms with Gasteiger partial charge in [0.15, 0.2) is 0 Å². The van der Waals surface area contributed by atoms with Crippen LogP contribution in [-0.2, 0) is 0 Å². The standard InChI is InChI=1S/C6H8NS/c1-2-8-6-4-3-5-7/h2,4,6H,3H2,1H3/b6-4-. The van der Waals surface area contributed by atoms with Crippen LogP contribution in [0.5, 0.6) is 0 Å². The molecular weight excluding hydrogens is 118 g/mol. The molecule has 0 heterocycles. The first-order valence-corrected chi connectivity index (χ1v) is 3.31. The van der Waals surface area contributed by atoms with Crippen molar-refractivity contribution in [1.29, 1.82) is 5.26 Å². The Morgan fingerprint density at radius 2 is 2.50 bits per heavy atom. The summed E-state index contributed by atoms with van der Waals surface area (Å²) in [6.07, 6.45) is 2.35. The topological polar surface area (TPSA) is 23.8 Å². The van der Waals surface area contributed by atoms with Gasteiger partial charge in [-0.2, -0.15) is 5.26 Å². The van der Waals surface area contributed by atoms with E-state index in [1.165, 1.54) is 0 Å². The van der Waals surface area contributed by atoms with Gasteiger partial charge in [0.1, 0.15) is 0 Å². The Kier molecular flexibility index (Phi) is 6.23. The first kappa shape index (κ1) is 7.58. The van der Waals surface area contributed by atoms with E-state index in [1.54, 1.807) is 11.8 Å². The molecule has 0 aliphatic heterocycles. The van der Waals surface area contributed by atoms with E-state index in [0.29, 0.717) is 6.42 Å². The van der Waals surface area contributed by atoms with Crippen LogP contribution < -0.4 is 0 Å². The van der Waals surface area contributed by atoms with Gasteiger partial charge < -0.3 is 0 Å². The lowest BCUT2D eigenvalue weighted by atomic mass is 10.5. The molecule has 0 aromatic carbocycles. The molecule has 0 amide bonds. The number of thioether (sulfide) groups is 1. The predicted molar refractivity (Wildman–Crippen MR) is 36.9 cm³/mol. The third kappa shape index (κ3) is 5.58. The van der Waals surface area contributed by atoms with E-state index in [-0.39, 0.29) is 0 Å². The Labute approximate surface area is 54.4 Å². The van der Waals surface area contributed by atoms with Crippen LogP contribution >= 0.6 is 11.8 Å². The molecule has 0 spiro atoms. The zero-order valence-electron chi connectivity index (χ0n) is 4.79. The maximum Gasteiger partial charge on any atom is 0.0663 e. The van der Waals surface area contributed by atoms with Gasteiger partial charge >= 0.3 is 0 Å². The van der Waals surface area contributed by atoms with Crippen LogP contribution in [0.2, 0.25) is 0 Å². The monoisotopic (exact) mass is 126 g/mol. The molecule has 43 valence electrons. The Morgan fingerprint density at radius 1 is 1.75 bits per heavy atom. The van der Waals surface area contributed by atoms with Gasteiger partial charge in [0.2, 0.25) is 0 Å². The summed E-state index contributed by atoms with van der Waals surface area (Å²) in [5, 5.41) is 9.95. The fourth-order valence-electron chi connectivity index (χ4n) is 0.235. The molecule has 0 bridgehead atoms. The van der Waals surface area contributed by atoms with Gasteiger partial charge in [0.25, 0.3) is 0 Å². The Morgan fingerprint density at radius 3 is 3.00 bits per heavy atom. The number of nitriles is 1. The van der Waals surface area contributed by atoms with E-state index in [2.05, 4.69) is 0 Å². The molecule has 0 saturated heterocycles. The van der Waals surface area contributed by atoms with Gasteiger partial charge in [-0.1, -0.05) is 13.0 Å².